The van der Waals surface area contributed by atoms with Crippen LogP contribution in [0.4, 0.5) is 8.78 Å². The lowest BCUT2D eigenvalue weighted by Crippen LogP contribution is -2.42. The van der Waals surface area contributed by atoms with Gasteiger partial charge in [0, 0.05) is 24.8 Å². The SMILES string of the molecule is COc1ccc(C2(CN)CCC(F)(F)CC2)cc1C. The molecule has 0 heterocycles. The lowest BCUT2D eigenvalue weighted by atomic mass is 9.68. The predicted molar refractivity (Wildman–Crippen MR) is 71.9 cm³/mol. The number of ether oxygens (including phenoxy) is 1. The van der Waals surface area contributed by atoms with Crippen LogP contribution in [0.2, 0.25) is 0 Å². The highest BCUT2D eigenvalue weighted by Gasteiger charge is 2.43. The van der Waals surface area contributed by atoms with Crippen LogP contribution in [0.25, 0.3) is 0 Å². The lowest BCUT2D eigenvalue weighted by Gasteiger charge is -2.40. The van der Waals surface area contributed by atoms with Gasteiger partial charge in [-0.15, -0.1) is 0 Å². The highest BCUT2D eigenvalue weighted by molar-refractivity contribution is 5.40. The second-order valence-corrected chi connectivity index (χ2v) is 5.52. The van der Waals surface area contributed by atoms with Crippen molar-refractivity contribution in [3.8, 4) is 5.75 Å². The van der Waals surface area contributed by atoms with Crippen molar-refractivity contribution in [3.63, 3.8) is 0 Å². The van der Waals surface area contributed by atoms with Gasteiger partial charge in [-0.05, 0) is 37.0 Å². The zero-order valence-electron chi connectivity index (χ0n) is 11.5. The average molecular weight is 269 g/mol. The van der Waals surface area contributed by atoms with Crippen LogP contribution in [0.1, 0.15) is 36.8 Å². The first-order valence-corrected chi connectivity index (χ1v) is 6.65. The summed E-state index contributed by atoms with van der Waals surface area (Å²) in [6.45, 7) is 2.37. The molecule has 0 spiro atoms. The van der Waals surface area contributed by atoms with E-state index in [0.29, 0.717) is 19.4 Å². The van der Waals surface area contributed by atoms with E-state index >= 15 is 0 Å². The maximum Gasteiger partial charge on any atom is 0.248 e. The lowest BCUT2D eigenvalue weighted by molar-refractivity contribution is -0.0509. The van der Waals surface area contributed by atoms with E-state index in [1.54, 1.807) is 7.11 Å². The summed E-state index contributed by atoms with van der Waals surface area (Å²) >= 11 is 0. The third kappa shape index (κ3) is 2.73. The highest BCUT2D eigenvalue weighted by atomic mass is 19.3. The molecule has 1 aromatic rings. The molecule has 0 atom stereocenters. The smallest absolute Gasteiger partial charge is 0.248 e. The van der Waals surface area contributed by atoms with Gasteiger partial charge in [0.05, 0.1) is 7.11 Å². The van der Waals surface area contributed by atoms with Crippen LogP contribution in [-0.2, 0) is 5.41 Å². The molecule has 19 heavy (non-hydrogen) atoms. The minimum Gasteiger partial charge on any atom is -0.496 e. The van der Waals surface area contributed by atoms with Crippen LogP contribution in [0, 0.1) is 6.92 Å². The number of alkyl halides is 2. The Labute approximate surface area is 112 Å². The first-order valence-electron chi connectivity index (χ1n) is 6.65. The Morgan fingerprint density at radius 1 is 1.21 bits per heavy atom. The Bertz CT molecular complexity index is 449. The molecular formula is C15H21F2NO. The van der Waals surface area contributed by atoms with Gasteiger partial charge in [-0.1, -0.05) is 12.1 Å². The fraction of sp³-hybridized carbons (Fsp3) is 0.600. The molecule has 0 bridgehead atoms. The van der Waals surface area contributed by atoms with Crippen molar-refractivity contribution in [2.45, 2.75) is 43.9 Å². The van der Waals surface area contributed by atoms with Crippen molar-refractivity contribution >= 4 is 0 Å². The molecule has 1 saturated carbocycles. The molecule has 106 valence electrons. The zero-order chi connectivity index (χ0) is 14.1. The van der Waals surface area contributed by atoms with Crippen LogP contribution in [-0.4, -0.2) is 19.6 Å². The number of halogens is 2. The number of hydrogen-bond donors (Lipinski definition) is 1. The third-order valence-electron chi connectivity index (χ3n) is 4.34. The van der Waals surface area contributed by atoms with Gasteiger partial charge in [0.25, 0.3) is 0 Å². The van der Waals surface area contributed by atoms with Crippen molar-refractivity contribution in [2.75, 3.05) is 13.7 Å². The molecule has 2 nitrogen and oxygen atoms in total. The number of rotatable bonds is 3. The molecule has 0 radical (unpaired) electrons. The number of methoxy groups -OCH3 is 1. The van der Waals surface area contributed by atoms with Crippen LogP contribution < -0.4 is 10.5 Å². The van der Waals surface area contributed by atoms with E-state index in [-0.39, 0.29) is 18.3 Å². The minimum atomic E-state index is -2.53. The van der Waals surface area contributed by atoms with E-state index in [2.05, 4.69) is 0 Å². The third-order valence-corrected chi connectivity index (χ3v) is 4.34. The molecule has 0 unspecified atom stereocenters. The van der Waals surface area contributed by atoms with E-state index < -0.39 is 5.92 Å². The molecule has 0 amide bonds. The summed E-state index contributed by atoms with van der Waals surface area (Å²) in [7, 11) is 1.63. The summed E-state index contributed by atoms with van der Waals surface area (Å²) in [6, 6.07) is 5.88. The van der Waals surface area contributed by atoms with Crippen molar-refractivity contribution in [1.29, 1.82) is 0 Å². The van der Waals surface area contributed by atoms with Crippen molar-refractivity contribution in [2.24, 2.45) is 5.73 Å². The molecule has 4 heteroatoms. The van der Waals surface area contributed by atoms with Crippen LogP contribution in [0.3, 0.4) is 0 Å². The molecule has 2 rings (SSSR count). The largest absolute Gasteiger partial charge is 0.496 e. The molecular weight excluding hydrogens is 248 g/mol. The first kappa shape index (κ1) is 14.3. The fourth-order valence-corrected chi connectivity index (χ4v) is 2.91. The van der Waals surface area contributed by atoms with Gasteiger partial charge in [-0.3, -0.25) is 0 Å². The van der Waals surface area contributed by atoms with Crippen LogP contribution >= 0.6 is 0 Å². The van der Waals surface area contributed by atoms with E-state index in [9.17, 15) is 8.78 Å². The number of hydrogen-bond acceptors (Lipinski definition) is 2. The Balaban J connectivity index is 2.30. The van der Waals surface area contributed by atoms with Gasteiger partial charge in [-0.25, -0.2) is 8.78 Å². The molecule has 1 fully saturated rings. The minimum absolute atomic E-state index is 0.0741. The fourth-order valence-electron chi connectivity index (χ4n) is 2.91. The average Bonchev–Trinajstić information content (AvgIpc) is 2.39. The number of benzene rings is 1. The topological polar surface area (TPSA) is 35.2 Å². The Morgan fingerprint density at radius 2 is 1.84 bits per heavy atom. The summed E-state index contributed by atoms with van der Waals surface area (Å²) in [5, 5.41) is 0. The summed E-state index contributed by atoms with van der Waals surface area (Å²) in [5.41, 5.74) is 7.67. The maximum absolute atomic E-state index is 13.3. The normalized spacial score (nSPS) is 21.1. The van der Waals surface area contributed by atoms with Gasteiger partial charge < -0.3 is 10.5 Å². The van der Waals surface area contributed by atoms with E-state index in [1.165, 1.54) is 0 Å². The molecule has 0 aliphatic heterocycles. The van der Waals surface area contributed by atoms with Gasteiger partial charge in [0.2, 0.25) is 5.92 Å². The van der Waals surface area contributed by atoms with Gasteiger partial charge in [-0.2, -0.15) is 0 Å². The molecule has 1 aromatic carbocycles. The van der Waals surface area contributed by atoms with Gasteiger partial charge in [0.1, 0.15) is 5.75 Å². The first-order chi connectivity index (χ1) is 8.92. The molecule has 0 saturated heterocycles. The van der Waals surface area contributed by atoms with Crippen LogP contribution in [0.15, 0.2) is 18.2 Å². The summed E-state index contributed by atoms with van der Waals surface area (Å²) < 4.78 is 31.9. The standard InChI is InChI=1S/C15H21F2NO/c1-11-9-12(3-4-13(11)19-2)14(10-18)5-7-15(16,17)8-6-14/h3-4,9H,5-8,10,18H2,1-2H3. The number of nitrogens with two attached hydrogens (primary N) is 1. The Morgan fingerprint density at radius 3 is 2.32 bits per heavy atom. The second-order valence-electron chi connectivity index (χ2n) is 5.52. The molecule has 1 aliphatic rings. The summed E-state index contributed by atoms with van der Waals surface area (Å²) in [6.07, 6.45) is 0.745. The Kier molecular flexibility index (Phi) is 3.81. The second kappa shape index (κ2) is 5.08. The molecule has 0 aromatic heterocycles. The van der Waals surface area contributed by atoms with Crippen molar-refractivity contribution in [3.05, 3.63) is 29.3 Å². The maximum atomic E-state index is 13.3. The van der Waals surface area contributed by atoms with Crippen molar-refractivity contribution < 1.29 is 13.5 Å². The van der Waals surface area contributed by atoms with Gasteiger partial charge >= 0.3 is 0 Å². The quantitative estimate of drug-likeness (QED) is 0.912. The zero-order valence-corrected chi connectivity index (χ0v) is 11.5. The highest BCUT2D eigenvalue weighted by Crippen LogP contribution is 2.45. The Hall–Kier alpha value is -1.16. The summed E-state index contributed by atoms with van der Waals surface area (Å²) in [4.78, 5) is 0. The molecule has 2 N–H and O–H groups in total. The van der Waals surface area contributed by atoms with E-state index in [4.69, 9.17) is 10.5 Å². The predicted octanol–water partition coefficient (Wildman–Crippen LogP) is 3.41. The summed E-state index contributed by atoms with van der Waals surface area (Å²) in [5.74, 6) is -1.71. The van der Waals surface area contributed by atoms with E-state index in [1.807, 2.05) is 25.1 Å². The van der Waals surface area contributed by atoms with Gasteiger partial charge in [0.15, 0.2) is 0 Å². The van der Waals surface area contributed by atoms with E-state index in [0.717, 1.165) is 16.9 Å². The number of aryl methyl sites for hydroxylation is 1. The molecule has 1 aliphatic carbocycles. The monoisotopic (exact) mass is 269 g/mol. The van der Waals surface area contributed by atoms with Crippen molar-refractivity contribution in [1.82, 2.24) is 0 Å². The van der Waals surface area contributed by atoms with Crippen LogP contribution in [0.5, 0.6) is 5.75 Å².